The van der Waals surface area contributed by atoms with E-state index in [1.165, 1.54) is 0 Å². The molecule has 0 unspecified atom stereocenters. The Bertz CT molecular complexity index is 411. The zero-order chi connectivity index (χ0) is 13.5. The summed E-state index contributed by atoms with van der Waals surface area (Å²) in [4.78, 5) is 23.6. The molecule has 100 valence electrons. The van der Waals surface area contributed by atoms with Crippen molar-refractivity contribution in [1.82, 2.24) is 4.90 Å². The van der Waals surface area contributed by atoms with Crippen LogP contribution in [0, 0.1) is 6.92 Å². The number of carbonyl (C=O) groups is 2. The molecule has 1 heterocycles. The monoisotopic (exact) mass is 253 g/mol. The maximum absolute atomic E-state index is 11.7. The van der Waals surface area contributed by atoms with Crippen LogP contribution in [0.4, 0.5) is 0 Å². The highest BCUT2D eigenvalue weighted by molar-refractivity contribution is 5.76. The van der Waals surface area contributed by atoms with Gasteiger partial charge in [0, 0.05) is 32.9 Å². The van der Waals surface area contributed by atoms with Crippen LogP contribution in [0.2, 0.25) is 0 Å². The Hall–Kier alpha value is -1.78. The number of carboxylic acid groups (broad SMARTS) is 1. The van der Waals surface area contributed by atoms with E-state index in [0.29, 0.717) is 19.4 Å². The first kappa shape index (κ1) is 14.3. The number of nitrogens with zero attached hydrogens (tertiary/aromatic N) is 1. The summed E-state index contributed by atoms with van der Waals surface area (Å²) in [6.45, 7) is 2.46. The third kappa shape index (κ3) is 5.03. The van der Waals surface area contributed by atoms with E-state index in [0.717, 1.165) is 11.5 Å². The first-order valence-electron chi connectivity index (χ1n) is 6.00. The molecule has 0 fully saturated rings. The Morgan fingerprint density at radius 1 is 1.33 bits per heavy atom. The molecule has 5 heteroatoms. The lowest BCUT2D eigenvalue weighted by atomic mass is 10.2. The van der Waals surface area contributed by atoms with Crippen LogP contribution in [0.1, 0.15) is 30.8 Å². The average molecular weight is 253 g/mol. The topological polar surface area (TPSA) is 70.8 Å². The molecule has 1 rings (SSSR count). The molecule has 0 aromatic carbocycles. The number of aliphatic carboxylic acids is 1. The number of rotatable bonds is 7. The Labute approximate surface area is 106 Å². The molecule has 18 heavy (non-hydrogen) atoms. The minimum absolute atomic E-state index is 0.0282. The van der Waals surface area contributed by atoms with Crippen LogP contribution in [0.5, 0.6) is 0 Å². The highest BCUT2D eigenvalue weighted by Crippen LogP contribution is 2.08. The van der Waals surface area contributed by atoms with Crippen molar-refractivity contribution in [3.05, 3.63) is 23.7 Å². The van der Waals surface area contributed by atoms with Gasteiger partial charge >= 0.3 is 5.97 Å². The average Bonchev–Trinajstić information content (AvgIpc) is 2.71. The fraction of sp³-hybridized carbons (Fsp3) is 0.538. The molecule has 0 atom stereocenters. The fourth-order valence-corrected chi connectivity index (χ4v) is 1.60. The van der Waals surface area contributed by atoms with Crippen LogP contribution < -0.4 is 0 Å². The molecule has 0 radical (unpaired) electrons. The third-order valence-electron chi connectivity index (χ3n) is 2.70. The van der Waals surface area contributed by atoms with Crippen LogP contribution >= 0.6 is 0 Å². The molecule has 5 nitrogen and oxygen atoms in total. The Kier molecular flexibility index (Phi) is 5.42. The molecule has 0 bridgehead atoms. The molecule has 0 aliphatic carbocycles. The number of furan rings is 1. The SMILES string of the molecule is Cc1ccc(CCN(C)C(=O)CCCC(=O)O)o1. The predicted molar refractivity (Wildman–Crippen MR) is 66.3 cm³/mol. The van der Waals surface area contributed by atoms with E-state index >= 15 is 0 Å². The van der Waals surface area contributed by atoms with E-state index in [-0.39, 0.29) is 18.7 Å². The second-order valence-corrected chi connectivity index (χ2v) is 4.32. The van der Waals surface area contributed by atoms with Crippen molar-refractivity contribution in [3.63, 3.8) is 0 Å². The van der Waals surface area contributed by atoms with Crippen LogP contribution in [0.3, 0.4) is 0 Å². The minimum Gasteiger partial charge on any atom is -0.481 e. The lowest BCUT2D eigenvalue weighted by Gasteiger charge is -2.16. The maximum Gasteiger partial charge on any atom is 0.303 e. The molecule has 1 aromatic heterocycles. The zero-order valence-corrected chi connectivity index (χ0v) is 10.8. The molecule has 0 saturated heterocycles. The highest BCUT2D eigenvalue weighted by atomic mass is 16.4. The van der Waals surface area contributed by atoms with Gasteiger partial charge in [0.15, 0.2) is 0 Å². The van der Waals surface area contributed by atoms with Gasteiger partial charge in [-0.3, -0.25) is 9.59 Å². The molecule has 0 aliphatic heterocycles. The second kappa shape index (κ2) is 6.83. The van der Waals surface area contributed by atoms with Crippen molar-refractivity contribution in [1.29, 1.82) is 0 Å². The Morgan fingerprint density at radius 3 is 2.61 bits per heavy atom. The summed E-state index contributed by atoms with van der Waals surface area (Å²) in [5, 5.41) is 8.48. The van der Waals surface area contributed by atoms with Crippen LogP contribution in [-0.2, 0) is 16.0 Å². The van der Waals surface area contributed by atoms with Gasteiger partial charge in [-0.05, 0) is 25.5 Å². The van der Waals surface area contributed by atoms with Crippen LogP contribution in [0.15, 0.2) is 16.5 Å². The van der Waals surface area contributed by atoms with Crippen molar-refractivity contribution < 1.29 is 19.1 Å². The standard InChI is InChI=1S/C13H19NO4/c1-10-6-7-11(18-10)8-9-14(2)12(15)4-3-5-13(16)17/h6-7H,3-5,8-9H2,1-2H3,(H,16,17). The minimum atomic E-state index is -0.864. The van der Waals surface area contributed by atoms with E-state index in [4.69, 9.17) is 9.52 Å². The highest BCUT2D eigenvalue weighted by Gasteiger charge is 2.10. The third-order valence-corrected chi connectivity index (χ3v) is 2.70. The van der Waals surface area contributed by atoms with Crippen molar-refractivity contribution in [2.24, 2.45) is 0 Å². The maximum atomic E-state index is 11.7. The molecule has 1 N–H and O–H groups in total. The first-order valence-corrected chi connectivity index (χ1v) is 6.00. The van der Waals surface area contributed by atoms with Crippen molar-refractivity contribution in [2.45, 2.75) is 32.6 Å². The molecule has 1 aromatic rings. The van der Waals surface area contributed by atoms with Gasteiger partial charge in [-0.2, -0.15) is 0 Å². The summed E-state index contributed by atoms with van der Waals surface area (Å²) in [7, 11) is 1.72. The van der Waals surface area contributed by atoms with Crippen molar-refractivity contribution >= 4 is 11.9 Å². The van der Waals surface area contributed by atoms with E-state index in [9.17, 15) is 9.59 Å². The van der Waals surface area contributed by atoms with Gasteiger partial charge < -0.3 is 14.4 Å². The molecular weight excluding hydrogens is 234 g/mol. The molecular formula is C13H19NO4. The number of hydrogen-bond donors (Lipinski definition) is 1. The fourth-order valence-electron chi connectivity index (χ4n) is 1.60. The number of likely N-dealkylation sites (N-methyl/N-ethyl adjacent to an activating group) is 1. The van der Waals surface area contributed by atoms with Crippen molar-refractivity contribution in [2.75, 3.05) is 13.6 Å². The quantitative estimate of drug-likeness (QED) is 0.805. The lowest BCUT2D eigenvalue weighted by Crippen LogP contribution is -2.28. The van der Waals surface area contributed by atoms with Gasteiger partial charge in [0.05, 0.1) is 0 Å². The molecule has 0 aliphatic rings. The van der Waals surface area contributed by atoms with Crippen molar-refractivity contribution in [3.8, 4) is 0 Å². The van der Waals surface area contributed by atoms with Gasteiger partial charge in [0.2, 0.25) is 5.91 Å². The lowest BCUT2D eigenvalue weighted by molar-refractivity contribution is -0.137. The van der Waals surface area contributed by atoms with E-state index in [1.807, 2.05) is 19.1 Å². The van der Waals surface area contributed by atoms with Gasteiger partial charge in [-0.25, -0.2) is 0 Å². The summed E-state index contributed by atoms with van der Waals surface area (Å²) in [5.74, 6) is 0.828. The number of hydrogen-bond acceptors (Lipinski definition) is 3. The van der Waals surface area contributed by atoms with E-state index in [2.05, 4.69) is 0 Å². The molecule has 1 amide bonds. The second-order valence-electron chi connectivity index (χ2n) is 4.32. The summed E-state index contributed by atoms with van der Waals surface area (Å²) >= 11 is 0. The normalized spacial score (nSPS) is 10.3. The zero-order valence-electron chi connectivity index (χ0n) is 10.8. The van der Waals surface area contributed by atoms with Gasteiger partial charge in [0.25, 0.3) is 0 Å². The molecule has 0 saturated carbocycles. The Balaban J connectivity index is 2.25. The largest absolute Gasteiger partial charge is 0.481 e. The number of carbonyl (C=O) groups excluding carboxylic acids is 1. The summed E-state index contributed by atoms with van der Waals surface area (Å²) in [5.41, 5.74) is 0. The number of carboxylic acids is 1. The summed E-state index contributed by atoms with van der Waals surface area (Å²) < 4.78 is 5.41. The predicted octanol–water partition coefficient (Wildman–Crippen LogP) is 1.84. The summed E-state index contributed by atoms with van der Waals surface area (Å²) in [6, 6.07) is 3.79. The van der Waals surface area contributed by atoms with Crippen LogP contribution in [0.25, 0.3) is 0 Å². The van der Waals surface area contributed by atoms with Gasteiger partial charge in [-0.15, -0.1) is 0 Å². The van der Waals surface area contributed by atoms with Crippen LogP contribution in [-0.4, -0.2) is 35.5 Å². The van der Waals surface area contributed by atoms with E-state index < -0.39 is 5.97 Å². The number of amides is 1. The molecule has 0 spiro atoms. The smallest absolute Gasteiger partial charge is 0.303 e. The first-order chi connectivity index (χ1) is 8.49. The summed E-state index contributed by atoms with van der Waals surface area (Å²) in [6.07, 6.45) is 1.38. The van der Waals surface area contributed by atoms with E-state index in [1.54, 1.807) is 11.9 Å². The Morgan fingerprint density at radius 2 is 2.06 bits per heavy atom. The van der Waals surface area contributed by atoms with Gasteiger partial charge in [-0.1, -0.05) is 0 Å². The number of aryl methyl sites for hydroxylation is 1. The van der Waals surface area contributed by atoms with Gasteiger partial charge in [0.1, 0.15) is 11.5 Å².